The molecule has 0 bridgehead atoms. The molecule has 0 aliphatic carbocycles. The van der Waals surface area contributed by atoms with Gasteiger partial charge in [0.2, 0.25) is 0 Å². The number of amides is 1. The van der Waals surface area contributed by atoms with Crippen LogP contribution in [0.1, 0.15) is 12.0 Å². The molecule has 0 saturated carbocycles. The monoisotopic (exact) mass is 417 g/mol. The third kappa shape index (κ3) is 5.44. The van der Waals surface area contributed by atoms with Gasteiger partial charge in [-0.15, -0.1) is 0 Å². The average Bonchev–Trinajstić information content (AvgIpc) is 3.05. The van der Waals surface area contributed by atoms with E-state index in [-0.39, 0.29) is 12.5 Å². The smallest absolute Gasteiger partial charge is 0.266 e. The normalized spacial score (nSPS) is 11.2. The highest BCUT2D eigenvalue weighted by atomic mass is 35.5. The quantitative estimate of drug-likeness (QED) is 0.536. The summed E-state index contributed by atoms with van der Waals surface area (Å²) in [7, 11) is 4.04. The SMILES string of the molecule is Cc1cccc(OCC(=O)N(CCCN(C)C)c2nc3ccc(Cl)cc3s2)c1. The fraction of sp³-hybridized carbons (Fsp3) is 0.333. The fourth-order valence-electron chi connectivity index (χ4n) is 2.80. The molecule has 0 radical (unpaired) electrons. The van der Waals surface area contributed by atoms with Crippen LogP contribution in [0.5, 0.6) is 5.75 Å². The van der Waals surface area contributed by atoms with Crippen LogP contribution in [0, 0.1) is 6.92 Å². The number of aryl methyl sites for hydroxylation is 1. The van der Waals surface area contributed by atoms with Gasteiger partial charge in [0.1, 0.15) is 5.75 Å². The van der Waals surface area contributed by atoms with Gasteiger partial charge in [-0.3, -0.25) is 9.69 Å². The second-order valence-corrected chi connectivity index (χ2v) is 8.36. The summed E-state index contributed by atoms with van der Waals surface area (Å²) in [5, 5.41) is 1.34. The number of benzene rings is 2. The lowest BCUT2D eigenvalue weighted by Gasteiger charge is -2.21. The van der Waals surface area contributed by atoms with Crippen LogP contribution in [0.2, 0.25) is 5.02 Å². The van der Waals surface area contributed by atoms with Crippen LogP contribution in [-0.4, -0.2) is 49.6 Å². The number of carbonyl (C=O) groups excluding carboxylic acids is 1. The van der Waals surface area contributed by atoms with Gasteiger partial charge in [0.05, 0.1) is 10.2 Å². The fourth-order valence-corrected chi connectivity index (χ4v) is 4.09. The molecule has 0 unspecified atom stereocenters. The summed E-state index contributed by atoms with van der Waals surface area (Å²) in [5.41, 5.74) is 1.94. The minimum Gasteiger partial charge on any atom is -0.484 e. The van der Waals surface area contributed by atoms with E-state index >= 15 is 0 Å². The predicted octanol–water partition coefficient (Wildman–Crippen LogP) is 4.62. The maximum absolute atomic E-state index is 12.9. The molecule has 0 aliphatic heterocycles. The van der Waals surface area contributed by atoms with Crippen LogP contribution in [0.3, 0.4) is 0 Å². The summed E-state index contributed by atoms with van der Waals surface area (Å²) in [4.78, 5) is 21.4. The number of hydrogen-bond donors (Lipinski definition) is 0. The molecule has 0 atom stereocenters. The minimum absolute atomic E-state index is 0.0257. The van der Waals surface area contributed by atoms with Gasteiger partial charge in [-0.1, -0.05) is 35.1 Å². The lowest BCUT2D eigenvalue weighted by molar-refractivity contribution is -0.120. The molecule has 0 saturated heterocycles. The van der Waals surface area contributed by atoms with E-state index in [0.29, 0.717) is 22.4 Å². The van der Waals surface area contributed by atoms with Crippen molar-refractivity contribution >= 4 is 44.2 Å². The summed E-state index contributed by atoms with van der Waals surface area (Å²) in [6.07, 6.45) is 0.847. The van der Waals surface area contributed by atoms with Crippen molar-refractivity contribution in [3.63, 3.8) is 0 Å². The van der Waals surface area contributed by atoms with E-state index in [1.165, 1.54) is 11.3 Å². The van der Waals surface area contributed by atoms with E-state index in [1.54, 1.807) is 4.90 Å². The molecule has 1 aromatic heterocycles. The van der Waals surface area contributed by atoms with Crippen molar-refractivity contribution in [3.05, 3.63) is 53.1 Å². The number of ether oxygens (including phenoxy) is 1. The summed E-state index contributed by atoms with van der Waals surface area (Å²) in [6.45, 7) is 3.44. The molecule has 3 rings (SSSR count). The Morgan fingerprint density at radius 1 is 1.18 bits per heavy atom. The Kier molecular flexibility index (Phi) is 6.88. The number of thiazole rings is 1. The highest BCUT2D eigenvalue weighted by Gasteiger charge is 2.20. The number of carbonyl (C=O) groups is 1. The van der Waals surface area contributed by atoms with Crippen molar-refractivity contribution in [2.75, 3.05) is 38.7 Å². The van der Waals surface area contributed by atoms with Crippen LogP contribution in [0.4, 0.5) is 5.13 Å². The Balaban J connectivity index is 1.77. The zero-order chi connectivity index (χ0) is 20.1. The molecule has 0 fully saturated rings. The molecule has 148 valence electrons. The zero-order valence-electron chi connectivity index (χ0n) is 16.3. The average molecular weight is 418 g/mol. The van der Waals surface area contributed by atoms with Crippen LogP contribution in [0.15, 0.2) is 42.5 Å². The van der Waals surface area contributed by atoms with Crippen molar-refractivity contribution < 1.29 is 9.53 Å². The summed E-state index contributed by atoms with van der Waals surface area (Å²) in [5.74, 6) is 0.586. The standard InChI is InChI=1S/C21H24ClN3O2S/c1-15-6-4-7-17(12-15)27-14-20(26)25(11-5-10-24(2)3)21-23-18-9-8-16(22)13-19(18)28-21/h4,6-9,12-13H,5,10-11,14H2,1-3H3. The molecule has 0 N–H and O–H groups in total. The minimum atomic E-state index is -0.106. The number of nitrogens with zero attached hydrogens (tertiary/aromatic N) is 3. The highest BCUT2D eigenvalue weighted by molar-refractivity contribution is 7.22. The van der Waals surface area contributed by atoms with E-state index in [2.05, 4.69) is 9.88 Å². The molecule has 5 nitrogen and oxygen atoms in total. The molecular formula is C21H24ClN3O2S. The summed E-state index contributed by atoms with van der Waals surface area (Å²) < 4.78 is 6.69. The molecule has 1 amide bonds. The lowest BCUT2D eigenvalue weighted by Crippen LogP contribution is -2.36. The van der Waals surface area contributed by atoms with Gasteiger partial charge in [-0.25, -0.2) is 4.98 Å². The Labute approximate surface area is 174 Å². The van der Waals surface area contributed by atoms with Gasteiger partial charge in [0.15, 0.2) is 11.7 Å². The van der Waals surface area contributed by atoms with Gasteiger partial charge < -0.3 is 9.64 Å². The Morgan fingerprint density at radius 3 is 2.75 bits per heavy atom. The number of aromatic nitrogens is 1. The van der Waals surface area contributed by atoms with E-state index in [9.17, 15) is 4.79 Å². The first kappa shape index (κ1) is 20.6. The number of rotatable bonds is 8. The van der Waals surface area contributed by atoms with E-state index in [4.69, 9.17) is 16.3 Å². The largest absolute Gasteiger partial charge is 0.484 e. The molecule has 0 aliphatic rings. The molecule has 0 spiro atoms. The van der Waals surface area contributed by atoms with Gasteiger partial charge in [0.25, 0.3) is 5.91 Å². The highest BCUT2D eigenvalue weighted by Crippen LogP contribution is 2.31. The molecule has 2 aromatic carbocycles. The second-order valence-electron chi connectivity index (χ2n) is 6.92. The predicted molar refractivity (Wildman–Crippen MR) is 117 cm³/mol. The topological polar surface area (TPSA) is 45.7 Å². The first-order valence-electron chi connectivity index (χ1n) is 9.13. The number of hydrogen-bond acceptors (Lipinski definition) is 5. The van der Waals surface area contributed by atoms with E-state index < -0.39 is 0 Å². The first-order chi connectivity index (χ1) is 13.4. The van der Waals surface area contributed by atoms with Gasteiger partial charge in [-0.05, 0) is 69.9 Å². The van der Waals surface area contributed by atoms with Crippen LogP contribution >= 0.6 is 22.9 Å². The van der Waals surface area contributed by atoms with Crippen LogP contribution in [0.25, 0.3) is 10.2 Å². The number of halogens is 1. The molecular weight excluding hydrogens is 394 g/mol. The Bertz CT molecular complexity index is 958. The molecule has 3 aromatic rings. The van der Waals surface area contributed by atoms with Gasteiger partial charge in [-0.2, -0.15) is 0 Å². The third-order valence-corrected chi connectivity index (χ3v) is 5.49. The Hall–Kier alpha value is -2.15. The van der Waals surface area contributed by atoms with Crippen molar-refractivity contribution in [3.8, 4) is 5.75 Å². The van der Waals surface area contributed by atoms with E-state index in [1.807, 2.05) is 63.5 Å². The molecule has 1 heterocycles. The maximum Gasteiger partial charge on any atom is 0.266 e. The molecule has 7 heteroatoms. The third-order valence-electron chi connectivity index (χ3n) is 4.21. The zero-order valence-corrected chi connectivity index (χ0v) is 17.9. The van der Waals surface area contributed by atoms with Crippen LogP contribution < -0.4 is 9.64 Å². The number of fused-ring (bicyclic) bond motifs is 1. The van der Waals surface area contributed by atoms with Gasteiger partial charge in [0, 0.05) is 11.6 Å². The van der Waals surface area contributed by atoms with Gasteiger partial charge >= 0.3 is 0 Å². The van der Waals surface area contributed by atoms with E-state index in [0.717, 1.165) is 28.7 Å². The first-order valence-corrected chi connectivity index (χ1v) is 10.3. The second kappa shape index (κ2) is 9.37. The lowest BCUT2D eigenvalue weighted by atomic mass is 10.2. The van der Waals surface area contributed by atoms with Crippen molar-refractivity contribution in [2.45, 2.75) is 13.3 Å². The van der Waals surface area contributed by atoms with Crippen molar-refractivity contribution in [1.29, 1.82) is 0 Å². The summed E-state index contributed by atoms with van der Waals surface area (Å²) in [6, 6.07) is 13.3. The Morgan fingerprint density at radius 2 is 2.00 bits per heavy atom. The van der Waals surface area contributed by atoms with Crippen molar-refractivity contribution in [2.24, 2.45) is 0 Å². The maximum atomic E-state index is 12.9. The molecule has 28 heavy (non-hydrogen) atoms. The number of anilines is 1. The van der Waals surface area contributed by atoms with Crippen molar-refractivity contribution in [1.82, 2.24) is 9.88 Å². The van der Waals surface area contributed by atoms with Crippen LogP contribution in [-0.2, 0) is 4.79 Å². The summed E-state index contributed by atoms with van der Waals surface area (Å²) >= 11 is 7.56.